The summed E-state index contributed by atoms with van der Waals surface area (Å²) in [7, 11) is 0. The Morgan fingerprint density at radius 3 is 2.56 bits per heavy atom. The van der Waals surface area contributed by atoms with Gasteiger partial charge in [0.15, 0.2) is 0 Å². The number of H-pyrrole nitrogens is 1. The molecule has 172 valence electrons. The largest absolute Gasteiger partial charge is 0.361 e. The molecule has 2 N–H and O–H groups in total. The molecule has 0 aliphatic carbocycles. The van der Waals surface area contributed by atoms with Crippen LogP contribution in [0, 0.1) is 0 Å². The summed E-state index contributed by atoms with van der Waals surface area (Å²) in [5.74, 6) is -0.0437. The number of benzene rings is 3. The molecule has 1 aliphatic rings. The maximum Gasteiger partial charge on any atom is 0.255 e. The molecule has 5 nitrogen and oxygen atoms in total. The molecule has 0 unspecified atom stereocenters. The quantitative estimate of drug-likeness (QED) is 0.385. The summed E-state index contributed by atoms with van der Waals surface area (Å²) in [4.78, 5) is 31.2. The first-order valence-electron chi connectivity index (χ1n) is 11.9. The monoisotopic (exact) mass is 451 g/mol. The van der Waals surface area contributed by atoms with Gasteiger partial charge in [-0.05, 0) is 43.0 Å². The number of amides is 2. The summed E-state index contributed by atoms with van der Waals surface area (Å²) < 4.78 is 0. The molecule has 0 bridgehead atoms. The normalized spacial score (nSPS) is 16.0. The Kier molecular flexibility index (Phi) is 6.17. The van der Waals surface area contributed by atoms with Crippen LogP contribution in [0.3, 0.4) is 0 Å². The van der Waals surface area contributed by atoms with Gasteiger partial charge in [-0.15, -0.1) is 0 Å². The zero-order valence-electron chi connectivity index (χ0n) is 19.3. The Labute approximate surface area is 199 Å². The van der Waals surface area contributed by atoms with E-state index in [4.69, 9.17) is 0 Å². The van der Waals surface area contributed by atoms with Gasteiger partial charge in [0.25, 0.3) is 5.91 Å². The summed E-state index contributed by atoms with van der Waals surface area (Å²) >= 11 is 0. The van der Waals surface area contributed by atoms with Crippen molar-refractivity contribution in [1.82, 2.24) is 15.2 Å². The summed E-state index contributed by atoms with van der Waals surface area (Å²) in [5, 5.41) is 4.20. The van der Waals surface area contributed by atoms with Gasteiger partial charge in [-0.2, -0.15) is 0 Å². The number of nitrogens with zero attached hydrogens (tertiary/aromatic N) is 1. The van der Waals surface area contributed by atoms with Crippen molar-refractivity contribution >= 4 is 22.7 Å². The zero-order chi connectivity index (χ0) is 23.5. The van der Waals surface area contributed by atoms with Gasteiger partial charge in [0.2, 0.25) is 5.91 Å². The van der Waals surface area contributed by atoms with Gasteiger partial charge in [-0.1, -0.05) is 66.7 Å². The van der Waals surface area contributed by atoms with Crippen molar-refractivity contribution in [3.8, 4) is 0 Å². The second-order valence-corrected chi connectivity index (χ2v) is 9.02. The minimum atomic E-state index is -0.205. The number of para-hydroxylation sites is 1. The summed E-state index contributed by atoms with van der Waals surface area (Å²) in [6.45, 7) is 2.40. The highest BCUT2D eigenvalue weighted by Crippen LogP contribution is 2.41. The lowest BCUT2D eigenvalue weighted by Crippen LogP contribution is -2.37. The van der Waals surface area contributed by atoms with E-state index in [1.54, 1.807) is 0 Å². The van der Waals surface area contributed by atoms with Gasteiger partial charge in [-0.25, -0.2) is 0 Å². The van der Waals surface area contributed by atoms with E-state index < -0.39 is 0 Å². The molecule has 4 aromatic rings. The first kappa shape index (κ1) is 22.0. The van der Waals surface area contributed by atoms with Crippen LogP contribution in [0.25, 0.3) is 10.9 Å². The molecule has 1 aliphatic heterocycles. The van der Waals surface area contributed by atoms with Crippen molar-refractivity contribution in [2.75, 3.05) is 6.54 Å². The van der Waals surface area contributed by atoms with Crippen LogP contribution in [0.4, 0.5) is 0 Å². The number of hydrogen-bond donors (Lipinski definition) is 2. The molecular formula is C29H29N3O2. The van der Waals surface area contributed by atoms with E-state index in [1.807, 2.05) is 78.7 Å². The highest BCUT2D eigenvalue weighted by atomic mass is 16.2. The summed E-state index contributed by atoms with van der Waals surface area (Å²) in [5.41, 5.74) is 5.08. The predicted molar refractivity (Wildman–Crippen MR) is 135 cm³/mol. The maximum absolute atomic E-state index is 13.3. The van der Waals surface area contributed by atoms with Crippen LogP contribution in [-0.4, -0.2) is 34.3 Å². The Hall–Kier alpha value is -3.86. The molecule has 1 aromatic heterocycles. The Morgan fingerprint density at radius 2 is 1.71 bits per heavy atom. The van der Waals surface area contributed by atoms with Crippen LogP contribution in [-0.2, 0) is 11.2 Å². The summed E-state index contributed by atoms with van der Waals surface area (Å²) in [6.07, 6.45) is 4.06. The SMILES string of the molecule is C[C@H](CCc1ccccc1)NC(=O)CCN1C(=O)c2ccccc2[C@H]1c1c[nH]c2ccccc12. The molecule has 3 aromatic carbocycles. The molecule has 5 rings (SSSR count). The third kappa shape index (κ3) is 4.34. The topological polar surface area (TPSA) is 65.2 Å². The van der Waals surface area contributed by atoms with Gasteiger partial charge in [-0.3, -0.25) is 9.59 Å². The van der Waals surface area contributed by atoms with E-state index in [0.717, 1.165) is 40.4 Å². The lowest BCUT2D eigenvalue weighted by atomic mass is 9.97. The molecule has 2 heterocycles. The van der Waals surface area contributed by atoms with Gasteiger partial charge in [0, 0.05) is 47.2 Å². The lowest BCUT2D eigenvalue weighted by molar-refractivity contribution is -0.121. The molecule has 34 heavy (non-hydrogen) atoms. The third-order valence-corrected chi connectivity index (χ3v) is 6.67. The van der Waals surface area contributed by atoms with Gasteiger partial charge < -0.3 is 15.2 Å². The van der Waals surface area contributed by atoms with E-state index >= 15 is 0 Å². The molecular weight excluding hydrogens is 422 g/mol. The van der Waals surface area contributed by atoms with Gasteiger partial charge in [0.1, 0.15) is 0 Å². The molecule has 2 amide bonds. The predicted octanol–water partition coefficient (Wildman–Crippen LogP) is 5.24. The van der Waals surface area contributed by atoms with Crippen molar-refractivity contribution in [2.45, 2.75) is 38.3 Å². The first-order valence-corrected chi connectivity index (χ1v) is 11.9. The molecule has 0 saturated heterocycles. The fourth-order valence-electron chi connectivity index (χ4n) is 4.93. The second kappa shape index (κ2) is 9.56. The Bertz CT molecular complexity index is 1310. The lowest BCUT2D eigenvalue weighted by Gasteiger charge is -2.25. The standard InChI is InChI=1S/C29H29N3O2/c1-20(15-16-21-9-3-2-4-10-21)31-27(33)17-18-32-28(23-12-5-6-13-24(23)29(32)34)25-19-30-26-14-8-7-11-22(25)26/h2-14,19-20,28,30H,15-18H2,1H3,(H,31,33)/t20-,28+/m1/s1. The number of nitrogens with one attached hydrogen (secondary N) is 2. The molecule has 5 heteroatoms. The number of carbonyl (C=O) groups is 2. The number of rotatable bonds is 8. The molecule has 0 radical (unpaired) electrons. The van der Waals surface area contributed by atoms with Gasteiger partial charge >= 0.3 is 0 Å². The van der Waals surface area contributed by atoms with Crippen molar-refractivity contribution in [2.24, 2.45) is 0 Å². The van der Waals surface area contributed by atoms with Crippen LogP contribution in [0.2, 0.25) is 0 Å². The zero-order valence-corrected chi connectivity index (χ0v) is 19.3. The average Bonchev–Trinajstić information content (AvgIpc) is 3.41. The number of hydrogen-bond acceptors (Lipinski definition) is 2. The number of aromatic nitrogens is 1. The fourth-order valence-corrected chi connectivity index (χ4v) is 4.93. The van der Waals surface area contributed by atoms with E-state index in [9.17, 15) is 9.59 Å². The van der Waals surface area contributed by atoms with Crippen LogP contribution >= 0.6 is 0 Å². The van der Waals surface area contributed by atoms with E-state index in [1.165, 1.54) is 5.56 Å². The maximum atomic E-state index is 13.3. The van der Waals surface area contributed by atoms with E-state index in [0.29, 0.717) is 6.54 Å². The Morgan fingerprint density at radius 1 is 0.971 bits per heavy atom. The van der Waals surface area contributed by atoms with Crippen LogP contribution in [0.5, 0.6) is 0 Å². The smallest absolute Gasteiger partial charge is 0.255 e. The molecule has 0 spiro atoms. The number of fused-ring (bicyclic) bond motifs is 2. The minimum Gasteiger partial charge on any atom is -0.361 e. The van der Waals surface area contributed by atoms with Crippen molar-refractivity contribution in [3.63, 3.8) is 0 Å². The number of carbonyl (C=O) groups excluding carboxylic acids is 2. The third-order valence-electron chi connectivity index (χ3n) is 6.67. The van der Waals surface area contributed by atoms with E-state index in [-0.39, 0.29) is 30.3 Å². The van der Waals surface area contributed by atoms with E-state index in [2.05, 4.69) is 28.5 Å². The second-order valence-electron chi connectivity index (χ2n) is 9.02. The van der Waals surface area contributed by atoms with Crippen LogP contribution < -0.4 is 5.32 Å². The fraction of sp³-hybridized carbons (Fsp3) is 0.241. The highest BCUT2D eigenvalue weighted by Gasteiger charge is 2.38. The van der Waals surface area contributed by atoms with Gasteiger partial charge in [0.05, 0.1) is 6.04 Å². The van der Waals surface area contributed by atoms with Crippen molar-refractivity contribution < 1.29 is 9.59 Å². The first-order chi connectivity index (χ1) is 16.6. The van der Waals surface area contributed by atoms with Crippen molar-refractivity contribution in [1.29, 1.82) is 0 Å². The minimum absolute atomic E-state index is 0.0178. The number of aryl methyl sites for hydroxylation is 1. The van der Waals surface area contributed by atoms with Crippen LogP contribution in [0.1, 0.15) is 52.9 Å². The molecule has 0 saturated carbocycles. The average molecular weight is 452 g/mol. The number of aromatic amines is 1. The molecule has 0 fully saturated rings. The van der Waals surface area contributed by atoms with Crippen molar-refractivity contribution in [3.05, 3.63) is 107 Å². The Balaban J connectivity index is 1.28. The van der Waals surface area contributed by atoms with Crippen LogP contribution in [0.15, 0.2) is 85.1 Å². The summed E-state index contributed by atoms with van der Waals surface area (Å²) in [6, 6.07) is 26.1. The highest BCUT2D eigenvalue weighted by molar-refractivity contribution is 6.01. The molecule has 2 atom stereocenters.